The summed E-state index contributed by atoms with van der Waals surface area (Å²) in [6.07, 6.45) is 2.89. The van der Waals surface area contributed by atoms with Crippen LogP contribution in [0, 0.1) is 26.2 Å². The SMILES string of the molecule is COc1ccccc1C(=O)Oc1c(C)c(C)c2c(c1C)CCC(C)(CCOc1ccc(CC3SC(=N)NC3=O)cc1)O2. The summed E-state index contributed by atoms with van der Waals surface area (Å²) in [5.74, 6) is 2.11. The smallest absolute Gasteiger partial charge is 0.347 e. The minimum atomic E-state index is -0.451. The summed E-state index contributed by atoms with van der Waals surface area (Å²) in [5.41, 5.74) is 4.83. The standard InChI is InChI=1S/C33H36N2O6S/c1-19-20(2)29-24(21(3)28(19)40-31(37)25-8-6-7-9-26(25)38-5)14-15-33(4,41-29)16-17-39-23-12-10-22(11-13-23)18-27-30(36)35-32(34)42-27/h6-13,27H,14-18H2,1-5H3,(H2,34,35,36). The van der Waals surface area contributed by atoms with Gasteiger partial charge in [-0.2, -0.15) is 0 Å². The highest BCUT2D eigenvalue weighted by Crippen LogP contribution is 2.45. The van der Waals surface area contributed by atoms with Crippen LogP contribution in [0.15, 0.2) is 48.5 Å². The molecule has 42 heavy (non-hydrogen) atoms. The van der Waals surface area contributed by atoms with Crippen molar-refractivity contribution in [2.75, 3.05) is 13.7 Å². The number of rotatable bonds is 9. The molecule has 2 unspecified atom stereocenters. The number of carbonyl (C=O) groups excluding carboxylic acids is 2. The van der Waals surface area contributed by atoms with Crippen molar-refractivity contribution in [2.45, 2.75) is 64.2 Å². The number of amides is 1. The Morgan fingerprint density at radius 2 is 1.83 bits per heavy atom. The fourth-order valence-electron chi connectivity index (χ4n) is 5.44. The molecule has 2 atom stereocenters. The van der Waals surface area contributed by atoms with Crippen LogP contribution in [0.1, 0.15) is 57.9 Å². The average molecular weight is 589 g/mol. The van der Waals surface area contributed by atoms with Crippen molar-refractivity contribution in [3.8, 4) is 23.0 Å². The number of carbonyl (C=O) groups is 2. The Morgan fingerprint density at radius 3 is 2.52 bits per heavy atom. The molecule has 1 fully saturated rings. The van der Waals surface area contributed by atoms with Gasteiger partial charge in [0.1, 0.15) is 34.2 Å². The van der Waals surface area contributed by atoms with Gasteiger partial charge >= 0.3 is 5.97 Å². The number of esters is 1. The molecular formula is C33H36N2O6S. The zero-order valence-electron chi connectivity index (χ0n) is 24.6. The molecule has 5 rings (SSSR count). The molecule has 3 aromatic carbocycles. The molecule has 3 aromatic rings. The minimum Gasteiger partial charge on any atom is -0.496 e. The number of para-hydroxylation sites is 1. The first kappa shape index (κ1) is 29.5. The van der Waals surface area contributed by atoms with Gasteiger partial charge in [-0.3, -0.25) is 10.2 Å². The van der Waals surface area contributed by atoms with Crippen LogP contribution >= 0.6 is 11.8 Å². The number of thioether (sulfide) groups is 1. The highest BCUT2D eigenvalue weighted by Gasteiger charge is 2.35. The summed E-state index contributed by atoms with van der Waals surface area (Å²) in [5, 5.41) is 10.1. The van der Waals surface area contributed by atoms with Gasteiger partial charge in [0.25, 0.3) is 0 Å². The molecule has 2 heterocycles. The molecule has 2 aliphatic heterocycles. The molecule has 9 heteroatoms. The lowest BCUT2D eigenvalue weighted by Crippen LogP contribution is -2.38. The van der Waals surface area contributed by atoms with Crippen molar-refractivity contribution < 1.29 is 28.5 Å². The van der Waals surface area contributed by atoms with Crippen molar-refractivity contribution in [1.29, 1.82) is 5.41 Å². The number of hydrogen-bond donors (Lipinski definition) is 2. The molecule has 0 bridgehead atoms. The molecule has 8 nitrogen and oxygen atoms in total. The Hall–Kier alpha value is -3.98. The largest absolute Gasteiger partial charge is 0.496 e. The van der Waals surface area contributed by atoms with Crippen LogP contribution in [0.25, 0.3) is 0 Å². The maximum absolute atomic E-state index is 13.1. The van der Waals surface area contributed by atoms with E-state index in [1.54, 1.807) is 18.2 Å². The van der Waals surface area contributed by atoms with E-state index in [2.05, 4.69) is 12.2 Å². The average Bonchev–Trinajstić information content (AvgIpc) is 3.30. The molecule has 1 amide bonds. The summed E-state index contributed by atoms with van der Waals surface area (Å²) in [6, 6.07) is 14.8. The Kier molecular flexibility index (Phi) is 8.50. The third-order valence-electron chi connectivity index (χ3n) is 8.12. The molecule has 2 aliphatic rings. The van der Waals surface area contributed by atoms with Gasteiger partial charge in [0.2, 0.25) is 5.91 Å². The second-order valence-electron chi connectivity index (χ2n) is 11.0. The highest BCUT2D eigenvalue weighted by atomic mass is 32.2. The highest BCUT2D eigenvalue weighted by molar-refractivity contribution is 8.15. The van der Waals surface area contributed by atoms with Crippen LogP contribution in [0.2, 0.25) is 0 Å². The van der Waals surface area contributed by atoms with E-state index < -0.39 is 11.6 Å². The first-order valence-corrected chi connectivity index (χ1v) is 14.9. The van der Waals surface area contributed by atoms with Gasteiger partial charge in [-0.25, -0.2) is 4.79 Å². The first-order valence-electron chi connectivity index (χ1n) is 14.0. The Bertz CT molecular complexity index is 1540. The van der Waals surface area contributed by atoms with Crippen LogP contribution in [-0.2, 0) is 17.6 Å². The maximum atomic E-state index is 13.1. The van der Waals surface area contributed by atoms with Crippen LogP contribution in [0.5, 0.6) is 23.0 Å². The predicted molar refractivity (Wildman–Crippen MR) is 163 cm³/mol. The molecule has 0 saturated carbocycles. The van der Waals surface area contributed by atoms with E-state index in [0.717, 1.165) is 52.2 Å². The monoisotopic (exact) mass is 588 g/mol. The van der Waals surface area contributed by atoms with E-state index in [9.17, 15) is 9.59 Å². The number of benzene rings is 3. The second-order valence-corrected chi connectivity index (χ2v) is 12.2. The predicted octanol–water partition coefficient (Wildman–Crippen LogP) is 6.10. The van der Waals surface area contributed by atoms with Crippen LogP contribution in [0.4, 0.5) is 0 Å². The van der Waals surface area contributed by atoms with Gasteiger partial charge in [-0.15, -0.1) is 0 Å². The van der Waals surface area contributed by atoms with Crippen LogP contribution < -0.4 is 24.3 Å². The summed E-state index contributed by atoms with van der Waals surface area (Å²) in [7, 11) is 1.54. The summed E-state index contributed by atoms with van der Waals surface area (Å²) in [4.78, 5) is 25.0. The molecule has 0 radical (unpaired) electrons. The normalized spacial score (nSPS) is 19.5. The van der Waals surface area contributed by atoms with Gasteiger partial charge < -0.3 is 24.3 Å². The number of fused-ring (bicyclic) bond motifs is 1. The van der Waals surface area contributed by atoms with E-state index >= 15 is 0 Å². The van der Waals surface area contributed by atoms with Crippen molar-refractivity contribution >= 4 is 28.8 Å². The third-order valence-corrected chi connectivity index (χ3v) is 9.12. The number of amidine groups is 1. The molecule has 1 saturated heterocycles. The van der Waals surface area contributed by atoms with E-state index in [4.69, 9.17) is 24.4 Å². The van der Waals surface area contributed by atoms with Crippen LogP contribution in [-0.4, -0.2) is 41.6 Å². The van der Waals surface area contributed by atoms with E-state index in [-0.39, 0.29) is 16.3 Å². The maximum Gasteiger partial charge on any atom is 0.347 e. The molecule has 0 spiro atoms. The Balaban J connectivity index is 1.22. The molecule has 220 valence electrons. The second kappa shape index (κ2) is 12.1. The van der Waals surface area contributed by atoms with E-state index in [0.29, 0.717) is 36.5 Å². The lowest BCUT2D eigenvalue weighted by Gasteiger charge is -2.38. The van der Waals surface area contributed by atoms with Gasteiger partial charge in [0, 0.05) is 12.0 Å². The topological polar surface area (TPSA) is 107 Å². The molecular weight excluding hydrogens is 552 g/mol. The zero-order chi connectivity index (χ0) is 30.0. The number of hydrogen-bond acceptors (Lipinski definition) is 8. The Morgan fingerprint density at radius 1 is 1.10 bits per heavy atom. The van der Waals surface area contributed by atoms with Crippen molar-refractivity contribution in [3.05, 3.63) is 81.9 Å². The van der Waals surface area contributed by atoms with Gasteiger partial charge in [-0.05, 0) is 93.5 Å². The lowest BCUT2D eigenvalue weighted by molar-refractivity contribution is -0.118. The lowest BCUT2D eigenvalue weighted by atomic mass is 9.85. The number of ether oxygens (including phenoxy) is 4. The zero-order valence-corrected chi connectivity index (χ0v) is 25.4. The minimum absolute atomic E-state index is 0.113. The molecule has 2 N–H and O–H groups in total. The van der Waals surface area contributed by atoms with E-state index in [1.807, 2.05) is 51.1 Å². The summed E-state index contributed by atoms with van der Waals surface area (Å²) in [6.45, 7) is 8.56. The fourth-order valence-corrected chi connectivity index (χ4v) is 6.33. The Labute approximate surface area is 250 Å². The summed E-state index contributed by atoms with van der Waals surface area (Å²) >= 11 is 1.25. The number of methoxy groups -OCH3 is 1. The molecule has 0 aliphatic carbocycles. The van der Waals surface area contributed by atoms with Crippen molar-refractivity contribution in [1.82, 2.24) is 5.32 Å². The third kappa shape index (κ3) is 6.11. The van der Waals surface area contributed by atoms with Gasteiger partial charge in [0.05, 0.1) is 19.0 Å². The molecule has 0 aromatic heterocycles. The van der Waals surface area contributed by atoms with E-state index in [1.165, 1.54) is 18.9 Å². The van der Waals surface area contributed by atoms with Crippen molar-refractivity contribution in [2.24, 2.45) is 0 Å². The fraction of sp³-hybridized carbons (Fsp3) is 0.364. The van der Waals surface area contributed by atoms with Gasteiger partial charge in [0.15, 0.2) is 5.17 Å². The van der Waals surface area contributed by atoms with Crippen LogP contribution in [0.3, 0.4) is 0 Å². The quantitative estimate of drug-likeness (QED) is 0.230. The van der Waals surface area contributed by atoms with Gasteiger partial charge in [-0.1, -0.05) is 36.0 Å². The first-order chi connectivity index (χ1) is 20.1. The number of nitrogens with one attached hydrogen (secondary N) is 2. The van der Waals surface area contributed by atoms with Crippen molar-refractivity contribution in [3.63, 3.8) is 0 Å². The summed E-state index contributed by atoms with van der Waals surface area (Å²) < 4.78 is 24.0.